The fourth-order valence-corrected chi connectivity index (χ4v) is 3.20. The molecule has 0 unspecified atom stereocenters. The number of hydrogen-bond acceptors (Lipinski definition) is 6. The first-order valence-corrected chi connectivity index (χ1v) is 9.46. The fourth-order valence-electron chi connectivity index (χ4n) is 2.57. The molecule has 2 heterocycles. The van der Waals surface area contributed by atoms with E-state index in [0.29, 0.717) is 18.4 Å². The van der Waals surface area contributed by atoms with Gasteiger partial charge in [0.15, 0.2) is 9.84 Å². The normalized spacial score (nSPS) is 16.4. The van der Waals surface area contributed by atoms with Crippen LogP contribution in [-0.4, -0.2) is 42.8 Å². The first kappa shape index (κ1) is 15.9. The van der Waals surface area contributed by atoms with Gasteiger partial charge in [0.05, 0.1) is 17.1 Å². The third kappa shape index (κ3) is 4.08. The zero-order valence-electron chi connectivity index (χ0n) is 13.0. The highest BCUT2D eigenvalue weighted by atomic mass is 32.2. The zero-order chi connectivity index (χ0) is 16.3. The van der Waals surface area contributed by atoms with Gasteiger partial charge in [-0.2, -0.15) is 0 Å². The van der Waals surface area contributed by atoms with Crippen LogP contribution in [0.15, 0.2) is 35.4 Å². The summed E-state index contributed by atoms with van der Waals surface area (Å²) in [7, 11) is -3.18. The van der Waals surface area contributed by atoms with E-state index in [4.69, 9.17) is 4.74 Å². The molecule has 0 spiro atoms. The van der Waals surface area contributed by atoms with Crippen LogP contribution in [0.1, 0.15) is 24.6 Å². The van der Waals surface area contributed by atoms with Gasteiger partial charge in [-0.3, -0.25) is 0 Å². The molecule has 124 valence electrons. The highest BCUT2D eigenvalue weighted by Crippen LogP contribution is 2.19. The standard InChI is InChI=1S/C15H20N4O3S/c1-23(20,21)15-4-2-14(3-5-15)22-11-12-10-19(18-17-12)13-6-8-16-9-7-13/h2-5,10,13,16H,6-9,11H2,1H3. The number of nitrogens with zero attached hydrogens (tertiary/aromatic N) is 3. The van der Waals surface area contributed by atoms with Gasteiger partial charge in [0.25, 0.3) is 0 Å². The maximum absolute atomic E-state index is 11.4. The van der Waals surface area contributed by atoms with Gasteiger partial charge >= 0.3 is 0 Å². The molecule has 0 atom stereocenters. The number of sulfone groups is 1. The van der Waals surface area contributed by atoms with Crippen LogP contribution in [0.4, 0.5) is 0 Å². The number of rotatable bonds is 5. The van der Waals surface area contributed by atoms with Crippen LogP contribution in [0.25, 0.3) is 0 Å². The second kappa shape index (κ2) is 6.67. The van der Waals surface area contributed by atoms with Gasteiger partial charge in [0, 0.05) is 6.26 Å². The van der Waals surface area contributed by atoms with Crippen molar-refractivity contribution < 1.29 is 13.2 Å². The minimum absolute atomic E-state index is 0.279. The molecule has 0 aliphatic carbocycles. The van der Waals surface area contributed by atoms with Crippen molar-refractivity contribution in [2.75, 3.05) is 19.3 Å². The van der Waals surface area contributed by atoms with E-state index in [0.717, 1.165) is 31.6 Å². The van der Waals surface area contributed by atoms with Gasteiger partial charge in [0.2, 0.25) is 0 Å². The monoisotopic (exact) mass is 336 g/mol. The lowest BCUT2D eigenvalue weighted by Crippen LogP contribution is -2.29. The molecule has 0 saturated carbocycles. The first-order valence-electron chi connectivity index (χ1n) is 7.57. The largest absolute Gasteiger partial charge is 0.487 e. The molecular weight excluding hydrogens is 316 g/mol. The van der Waals surface area contributed by atoms with E-state index in [9.17, 15) is 8.42 Å². The lowest BCUT2D eigenvalue weighted by Gasteiger charge is -2.22. The third-order valence-electron chi connectivity index (χ3n) is 3.88. The Morgan fingerprint density at radius 1 is 1.26 bits per heavy atom. The molecule has 3 rings (SSSR count). The first-order chi connectivity index (χ1) is 11.0. The quantitative estimate of drug-likeness (QED) is 0.882. The molecule has 1 aliphatic heterocycles. The van der Waals surface area contributed by atoms with Gasteiger partial charge < -0.3 is 10.1 Å². The van der Waals surface area contributed by atoms with Crippen LogP contribution < -0.4 is 10.1 Å². The van der Waals surface area contributed by atoms with Crippen LogP contribution >= 0.6 is 0 Å². The number of hydrogen-bond donors (Lipinski definition) is 1. The molecule has 23 heavy (non-hydrogen) atoms. The molecule has 1 aromatic carbocycles. The maximum atomic E-state index is 11.4. The minimum atomic E-state index is -3.18. The summed E-state index contributed by atoms with van der Waals surface area (Å²) in [5, 5.41) is 11.6. The van der Waals surface area contributed by atoms with Crippen molar-refractivity contribution in [1.82, 2.24) is 20.3 Å². The minimum Gasteiger partial charge on any atom is -0.487 e. The molecule has 1 saturated heterocycles. The summed E-state index contributed by atoms with van der Waals surface area (Å²) in [6.07, 6.45) is 5.20. The average Bonchev–Trinajstić information content (AvgIpc) is 3.02. The zero-order valence-corrected chi connectivity index (χ0v) is 13.8. The molecule has 0 amide bonds. The van der Waals surface area contributed by atoms with Crippen molar-refractivity contribution in [3.63, 3.8) is 0 Å². The topological polar surface area (TPSA) is 86.1 Å². The summed E-state index contributed by atoms with van der Waals surface area (Å²) in [5.41, 5.74) is 0.760. The fraction of sp³-hybridized carbons (Fsp3) is 0.467. The van der Waals surface area contributed by atoms with Gasteiger partial charge in [0.1, 0.15) is 18.1 Å². The molecule has 0 bridgehead atoms. The summed E-state index contributed by atoms with van der Waals surface area (Å²) >= 11 is 0. The molecule has 1 aliphatic rings. The van der Waals surface area contributed by atoms with Crippen LogP contribution in [0.3, 0.4) is 0 Å². The lowest BCUT2D eigenvalue weighted by atomic mass is 10.1. The Morgan fingerprint density at radius 2 is 1.96 bits per heavy atom. The van der Waals surface area contributed by atoms with Crippen molar-refractivity contribution in [3.05, 3.63) is 36.2 Å². The van der Waals surface area contributed by atoms with E-state index in [2.05, 4.69) is 15.6 Å². The second-order valence-corrected chi connectivity index (χ2v) is 7.72. The Bertz CT molecular complexity index is 749. The van der Waals surface area contributed by atoms with E-state index in [1.807, 2.05) is 10.9 Å². The highest BCUT2D eigenvalue weighted by Gasteiger charge is 2.16. The van der Waals surface area contributed by atoms with Crippen LogP contribution in [0, 0.1) is 0 Å². The number of piperidine rings is 1. The number of aromatic nitrogens is 3. The molecule has 8 heteroatoms. The smallest absolute Gasteiger partial charge is 0.175 e. The molecule has 0 radical (unpaired) electrons. The number of ether oxygens (including phenoxy) is 1. The van der Waals surface area contributed by atoms with E-state index >= 15 is 0 Å². The summed E-state index contributed by atoms with van der Waals surface area (Å²) in [6, 6.07) is 6.76. The van der Waals surface area contributed by atoms with E-state index < -0.39 is 9.84 Å². The predicted octanol–water partition coefficient (Wildman–Crippen LogP) is 1.19. The highest BCUT2D eigenvalue weighted by molar-refractivity contribution is 7.90. The van der Waals surface area contributed by atoms with Crippen molar-refractivity contribution >= 4 is 9.84 Å². The summed E-state index contributed by atoms with van der Waals surface area (Å²) in [6.45, 7) is 2.31. The summed E-state index contributed by atoms with van der Waals surface area (Å²) < 4.78 is 30.4. The van der Waals surface area contributed by atoms with Gasteiger partial charge in [-0.1, -0.05) is 5.21 Å². The Morgan fingerprint density at radius 3 is 2.61 bits per heavy atom. The second-order valence-electron chi connectivity index (χ2n) is 5.70. The van der Waals surface area contributed by atoms with E-state index in [-0.39, 0.29) is 4.90 Å². The van der Waals surface area contributed by atoms with Crippen molar-refractivity contribution in [2.24, 2.45) is 0 Å². The molecule has 1 fully saturated rings. The lowest BCUT2D eigenvalue weighted by molar-refractivity contribution is 0.301. The summed E-state index contributed by atoms with van der Waals surface area (Å²) in [4.78, 5) is 0.279. The third-order valence-corrected chi connectivity index (χ3v) is 5.01. The molecular formula is C15H20N4O3S. The van der Waals surface area contributed by atoms with Gasteiger partial charge in [-0.25, -0.2) is 13.1 Å². The van der Waals surface area contributed by atoms with Gasteiger partial charge in [-0.15, -0.1) is 5.10 Å². The van der Waals surface area contributed by atoms with Crippen molar-refractivity contribution in [3.8, 4) is 5.75 Å². The van der Waals surface area contributed by atoms with Crippen LogP contribution in [0.5, 0.6) is 5.75 Å². The van der Waals surface area contributed by atoms with Crippen molar-refractivity contribution in [2.45, 2.75) is 30.4 Å². The maximum Gasteiger partial charge on any atom is 0.175 e. The van der Waals surface area contributed by atoms with E-state index in [1.54, 1.807) is 12.1 Å². The summed E-state index contributed by atoms with van der Waals surface area (Å²) in [5.74, 6) is 0.605. The number of nitrogens with one attached hydrogen (secondary N) is 1. The average molecular weight is 336 g/mol. The number of benzene rings is 1. The Labute approximate surface area is 135 Å². The van der Waals surface area contributed by atoms with Crippen molar-refractivity contribution in [1.29, 1.82) is 0 Å². The Kier molecular flexibility index (Phi) is 4.63. The van der Waals surface area contributed by atoms with Crippen LogP contribution in [-0.2, 0) is 16.4 Å². The van der Waals surface area contributed by atoms with Gasteiger partial charge in [-0.05, 0) is 50.2 Å². The molecule has 1 N–H and O–H groups in total. The SMILES string of the molecule is CS(=O)(=O)c1ccc(OCc2cn(C3CCNCC3)nn2)cc1. The van der Waals surface area contributed by atoms with E-state index in [1.165, 1.54) is 18.4 Å². The Balaban J connectivity index is 1.59. The van der Waals surface area contributed by atoms with Crippen LogP contribution in [0.2, 0.25) is 0 Å². The molecule has 1 aromatic heterocycles. The molecule has 7 nitrogen and oxygen atoms in total. The molecule has 2 aromatic rings. The predicted molar refractivity (Wildman–Crippen MR) is 85.0 cm³/mol. The Hall–Kier alpha value is -1.93.